The van der Waals surface area contributed by atoms with Crippen molar-refractivity contribution in [1.29, 1.82) is 0 Å². The number of rotatable bonds is 2. The van der Waals surface area contributed by atoms with Crippen molar-refractivity contribution in [2.75, 3.05) is 0 Å². The van der Waals surface area contributed by atoms with Gasteiger partial charge in [0.1, 0.15) is 29.8 Å². The SMILES string of the molecule is Cc1ncnc(-n2cnc3cc(Cl)cc(F)c32)c1-c1ccc(F)cc1Cl. The number of benzene rings is 2. The zero-order chi connectivity index (χ0) is 18.4. The molecular formula is C18H10Cl2F2N4. The summed E-state index contributed by atoms with van der Waals surface area (Å²) in [5.74, 6) is -0.601. The molecule has 0 saturated carbocycles. The molecular weight excluding hydrogens is 381 g/mol. The van der Waals surface area contributed by atoms with Gasteiger partial charge in [-0.2, -0.15) is 0 Å². The van der Waals surface area contributed by atoms with Crippen molar-refractivity contribution in [3.63, 3.8) is 0 Å². The largest absolute Gasteiger partial charge is 0.279 e. The highest BCUT2D eigenvalue weighted by Gasteiger charge is 2.19. The lowest BCUT2D eigenvalue weighted by molar-refractivity contribution is 0.628. The molecule has 0 atom stereocenters. The summed E-state index contributed by atoms with van der Waals surface area (Å²) >= 11 is 12.1. The molecule has 4 rings (SSSR count). The summed E-state index contributed by atoms with van der Waals surface area (Å²) < 4.78 is 29.5. The molecule has 0 aliphatic heterocycles. The molecule has 130 valence electrons. The average Bonchev–Trinajstić information content (AvgIpc) is 2.99. The van der Waals surface area contributed by atoms with Crippen LogP contribution in [0, 0.1) is 18.6 Å². The zero-order valence-corrected chi connectivity index (χ0v) is 14.9. The van der Waals surface area contributed by atoms with Gasteiger partial charge in [-0.3, -0.25) is 4.57 Å². The third-order valence-corrected chi connectivity index (χ3v) is 4.54. The molecule has 0 fully saturated rings. The fraction of sp³-hybridized carbons (Fsp3) is 0.0556. The Hall–Kier alpha value is -2.57. The summed E-state index contributed by atoms with van der Waals surface area (Å²) in [6.07, 6.45) is 2.82. The van der Waals surface area contributed by atoms with Gasteiger partial charge in [0.15, 0.2) is 5.82 Å². The predicted octanol–water partition coefficient (Wildman–Crippen LogP) is 5.38. The van der Waals surface area contributed by atoms with Gasteiger partial charge in [0.2, 0.25) is 0 Å². The van der Waals surface area contributed by atoms with Gasteiger partial charge in [-0.1, -0.05) is 23.2 Å². The molecule has 0 spiro atoms. The lowest BCUT2D eigenvalue weighted by Crippen LogP contribution is -2.04. The minimum Gasteiger partial charge on any atom is -0.279 e. The third kappa shape index (κ3) is 2.71. The van der Waals surface area contributed by atoms with Crippen LogP contribution < -0.4 is 0 Å². The second-order valence-electron chi connectivity index (χ2n) is 5.65. The van der Waals surface area contributed by atoms with Gasteiger partial charge < -0.3 is 0 Å². The second-order valence-corrected chi connectivity index (χ2v) is 6.50. The number of nitrogens with zero attached hydrogens (tertiary/aromatic N) is 4. The Bertz CT molecular complexity index is 1160. The van der Waals surface area contributed by atoms with Crippen LogP contribution in [0.5, 0.6) is 0 Å². The standard InChI is InChI=1S/C18H10Cl2F2N4/c1-9-16(12-3-2-11(21)6-13(12)20)18(24-7-23-9)26-8-25-15-5-10(19)4-14(22)17(15)26/h2-8H,1H3. The van der Waals surface area contributed by atoms with Gasteiger partial charge in [0.05, 0.1) is 16.2 Å². The number of hydrogen-bond acceptors (Lipinski definition) is 3. The van der Waals surface area contributed by atoms with E-state index in [-0.39, 0.29) is 15.6 Å². The molecule has 0 unspecified atom stereocenters. The van der Waals surface area contributed by atoms with E-state index >= 15 is 0 Å². The molecule has 4 nitrogen and oxygen atoms in total. The average molecular weight is 391 g/mol. The lowest BCUT2D eigenvalue weighted by atomic mass is 10.0. The van der Waals surface area contributed by atoms with Crippen molar-refractivity contribution in [1.82, 2.24) is 19.5 Å². The van der Waals surface area contributed by atoms with Gasteiger partial charge in [0.25, 0.3) is 0 Å². The molecule has 8 heteroatoms. The molecule has 0 aliphatic carbocycles. The number of halogens is 4. The van der Waals surface area contributed by atoms with Crippen LogP contribution in [0.4, 0.5) is 8.78 Å². The summed E-state index contributed by atoms with van der Waals surface area (Å²) in [5, 5.41) is 0.456. The molecule has 26 heavy (non-hydrogen) atoms. The van der Waals surface area contributed by atoms with Crippen LogP contribution in [0.2, 0.25) is 10.0 Å². The zero-order valence-electron chi connectivity index (χ0n) is 13.3. The lowest BCUT2D eigenvalue weighted by Gasteiger charge is -2.14. The summed E-state index contributed by atoms with van der Waals surface area (Å²) in [6.45, 7) is 1.77. The maximum Gasteiger partial charge on any atom is 0.150 e. The molecule has 2 aromatic carbocycles. The fourth-order valence-electron chi connectivity index (χ4n) is 2.88. The van der Waals surface area contributed by atoms with Crippen molar-refractivity contribution < 1.29 is 8.78 Å². The van der Waals surface area contributed by atoms with Crippen molar-refractivity contribution >= 4 is 34.2 Å². The number of fused-ring (bicyclic) bond motifs is 1. The number of aryl methyl sites for hydroxylation is 1. The normalized spacial score (nSPS) is 11.3. The Morgan fingerprint density at radius 3 is 2.58 bits per heavy atom. The number of aromatic nitrogens is 4. The molecule has 0 radical (unpaired) electrons. The van der Waals surface area contributed by atoms with Gasteiger partial charge in [-0.25, -0.2) is 23.7 Å². The fourth-order valence-corrected chi connectivity index (χ4v) is 3.34. The van der Waals surface area contributed by atoms with Gasteiger partial charge >= 0.3 is 0 Å². The Labute approximate surface area is 157 Å². The first-order chi connectivity index (χ1) is 12.5. The van der Waals surface area contributed by atoms with Crippen molar-refractivity contribution in [2.45, 2.75) is 6.92 Å². The first kappa shape index (κ1) is 16.9. The Morgan fingerprint density at radius 1 is 1.00 bits per heavy atom. The summed E-state index contributed by atoms with van der Waals surface area (Å²) in [7, 11) is 0. The van der Waals surface area contributed by atoms with E-state index in [1.807, 2.05) is 0 Å². The van der Waals surface area contributed by atoms with Gasteiger partial charge in [-0.05, 0) is 37.3 Å². The molecule has 4 aromatic rings. The minimum absolute atomic E-state index is 0.206. The Kier molecular flexibility index (Phi) is 4.09. The van der Waals surface area contributed by atoms with E-state index in [0.717, 1.165) is 0 Å². The maximum absolute atomic E-state index is 14.5. The first-order valence-corrected chi connectivity index (χ1v) is 8.31. The highest BCUT2D eigenvalue weighted by atomic mass is 35.5. The van der Waals surface area contributed by atoms with Crippen molar-refractivity contribution in [2.24, 2.45) is 0 Å². The third-order valence-electron chi connectivity index (χ3n) is 4.01. The van der Waals surface area contributed by atoms with E-state index in [2.05, 4.69) is 15.0 Å². The highest BCUT2D eigenvalue weighted by molar-refractivity contribution is 6.33. The van der Waals surface area contributed by atoms with Crippen LogP contribution in [0.1, 0.15) is 5.69 Å². The quantitative estimate of drug-likeness (QED) is 0.461. The van der Waals surface area contributed by atoms with Crippen LogP contribution in [0.3, 0.4) is 0 Å². The first-order valence-electron chi connectivity index (χ1n) is 7.55. The summed E-state index contributed by atoms with van der Waals surface area (Å²) in [4.78, 5) is 12.7. The van der Waals surface area contributed by atoms with E-state index < -0.39 is 11.6 Å². The van der Waals surface area contributed by atoms with Crippen LogP contribution in [-0.2, 0) is 0 Å². The van der Waals surface area contributed by atoms with E-state index in [9.17, 15) is 8.78 Å². The Balaban J connectivity index is 2.04. The molecule has 0 amide bonds. The monoisotopic (exact) mass is 390 g/mol. The molecule has 0 aliphatic rings. The number of imidazole rings is 1. The molecule has 0 N–H and O–H groups in total. The smallest absolute Gasteiger partial charge is 0.150 e. The molecule has 2 heterocycles. The van der Waals surface area contributed by atoms with Crippen LogP contribution in [0.15, 0.2) is 43.0 Å². The van der Waals surface area contributed by atoms with Gasteiger partial charge in [0, 0.05) is 16.1 Å². The van der Waals surface area contributed by atoms with Gasteiger partial charge in [-0.15, -0.1) is 0 Å². The summed E-state index contributed by atoms with van der Waals surface area (Å²) in [6, 6.07) is 6.82. The van der Waals surface area contributed by atoms with E-state index in [1.54, 1.807) is 19.1 Å². The van der Waals surface area contributed by atoms with Crippen LogP contribution >= 0.6 is 23.2 Å². The van der Waals surface area contributed by atoms with Crippen molar-refractivity contribution in [3.05, 3.63) is 70.4 Å². The second kappa shape index (κ2) is 6.30. The highest BCUT2D eigenvalue weighted by Crippen LogP contribution is 2.35. The van der Waals surface area contributed by atoms with Crippen molar-refractivity contribution in [3.8, 4) is 16.9 Å². The van der Waals surface area contributed by atoms with E-state index in [0.29, 0.717) is 28.2 Å². The van der Waals surface area contributed by atoms with Crippen LogP contribution in [-0.4, -0.2) is 19.5 Å². The topological polar surface area (TPSA) is 43.6 Å². The van der Waals surface area contributed by atoms with E-state index in [4.69, 9.17) is 23.2 Å². The molecule has 0 bridgehead atoms. The minimum atomic E-state index is -0.530. The summed E-state index contributed by atoms with van der Waals surface area (Å²) in [5.41, 5.74) is 2.33. The molecule has 2 aromatic heterocycles. The maximum atomic E-state index is 14.5. The van der Waals surface area contributed by atoms with E-state index in [1.165, 1.54) is 35.4 Å². The predicted molar refractivity (Wildman–Crippen MR) is 96.8 cm³/mol. The van der Waals surface area contributed by atoms with Crippen LogP contribution in [0.25, 0.3) is 28.0 Å². The molecule has 0 saturated heterocycles. The number of hydrogen-bond donors (Lipinski definition) is 0. The Morgan fingerprint density at radius 2 is 1.81 bits per heavy atom.